The average Bonchev–Trinajstić information content (AvgIpc) is 2.47. The molecule has 0 fully saturated rings. The molecule has 0 aliphatic heterocycles. The van der Waals surface area contributed by atoms with Crippen molar-refractivity contribution in [3.63, 3.8) is 0 Å². The summed E-state index contributed by atoms with van der Waals surface area (Å²) in [5, 5.41) is 0. The van der Waals surface area contributed by atoms with Crippen molar-refractivity contribution in [2.24, 2.45) is 0 Å². The van der Waals surface area contributed by atoms with Gasteiger partial charge in [-0.3, -0.25) is 0 Å². The molecule has 2 rings (SSSR count). The number of halogens is 5. The molecule has 86 valence electrons. The molecule has 0 spiro atoms. The predicted molar refractivity (Wildman–Crippen MR) is 45.7 cm³/mol. The van der Waals surface area contributed by atoms with Crippen LogP contribution in [0.1, 0.15) is 0 Å². The highest BCUT2D eigenvalue weighted by Gasteiger charge is 2.28. The SMILES string of the molecule is Fc1cc2ncn(CC(F)(F)F)c2cc1F. The van der Waals surface area contributed by atoms with Crippen LogP contribution < -0.4 is 0 Å². The second kappa shape index (κ2) is 3.43. The van der Waals surface area contributed by atoms with Crippen LogP contribution in [-0.4, -0.2) is 15.7 Å². The molecule has 1 aromatic heterocycles. The summed E-state index contributed by atoms with van der Waals surface area (Å²) in [6, 6.07) is 1.46. The van der Waals surface area contributed by atoms with Crippen LogP contribution in [0.25, 0.3) is 11.0 Å². The maximum atomic E-state index is 12.8. The van der Waals surface area contributed by atoms with Crippen LogP contribution in [0.15, 0.2) is 18.5 Å². The van der Waals surface area contributed by atoms with Crippen LogP contribution in [0.4, 0.5) is 22.0 Å². The van der Waals surface area contributed by atoms with Gasteiger partial charge in [-0.05, 0) is 0 Å². The molecule has 2 aromatic rings. The topological polar surface area (TPSA) is 17.8 Å². The standard InChI is InChI=1S/C9H5F5N2/c10-5-1-7-8(2-6(5)11)16(4-15-7)3-9(12,13)14/h1-2,4H,3H2. The van der Waals surface area contributed by atoms with Gasteiger partial charge in [0.2, 0.25) is 0 Å². The molecule has 1 heterocycles. The number of hydrogen-bond acceptors (Lipinski definition) is 1. The van der Waals surface area contributed by atoms with Crippen LogP contribution in [0.2, 0.25) is 0 Å². The van der Waals surface area contributed by atoms with Crippen molar-refractivity contribution in [2.45, 2.75) is 12.7 Å². The first-order valence-corrected chi connectivity index (χ1v) is 4.23. The predicted octanol–water partition coefficient (Wildman–Crippen LogP) is 2.88. The molecule has 0 saturated heterocycles. The minimum absolute atomic E-state index is 0.0110. The van der Waals surface area contributed by atoms with Crippen molar-refractivity contribution in [3.8, 4) is 0 Å². The molecule has 0 N–H and O–H groups in total. The maximum Gasteiger partial charge on any atom is 0.406 e. The van der Waals surface area contributed by atoms with Crippen LogP contribution in [0.3, 0.4) is 0 Å². The molecule has 0 aliphatic rings. The van der Waals surface area contributed by atoms with Crippen molar-refractivity contribution in [1.29, 1.82) is 0 Å². The normalized spacial score (nSPS) is 12.3. The molecule has 0 radical (unpaired) electrons. The molecule has 16 heavy (non-hydrogen) atoms. The zero-order valence-corrected chi connectivity index (χ0v) is 7.72. The summed E-state index contributed by atoms with van der Waals surface area (Å²) in [6.07, 6.45) is -3.53. The van der Waals surface area contributed by atoms with Crippen LogP contribution in [-0.2, 0) is 6.54 Å². The van der Waals surface area contributed by atoms with E-state index in [0.29, 0.717) is 6.07 Å². The highest BCUT2D eigenvalue weighted by Crippen LogP contribution is 2.22. The molecule has 2 nitrogen and oxygen atoms in total. The molecular weight excluding hydrogens is 231 g/mol. The lowest BCUT2D eigenvalue weighted by atomic mass is 10.3. The lowest BCUT2D eigenvalue weighted by molar-refractivity contribution is -0.139. The Labute approximate surface area is 86.3 Å². The van der Waals surface area contributed by atoms with E-state index in [1.165, 1.54) is 0 Å². The van der Waals surface area contributed by atoms with E-state index in [0.717, 1.165) is 17.0 Å². The Bertz CT molecular complexity index is 528. The van der Waals surface area contributed by atoms with Gasteiger partial charge in [0.25, 0.3) is 0 Å². The Kier molecular flexibility index (Phi) is 2.32. The summed E-state index contributed by atoms with van der Waals surface area (Å²) in [7, 11) is 0. The number of fused-ring (bicyclic) bond motifs is 1. The van der Waals surface area contributed by atoms with Crippen molar-refractivity contribution < 1.29 is 22.0 Å². The van der Waals surface area contributed by atoms with Crippen molar-refractivity contribution in [3.05, 3.63) is 30.1 Å². The van der Waals surface area contributed by atoms with Crippen molar-refractivity contribution >= 4 is 11.0 Å². The molecule has 7 heteroatoms. The second-order valence-electron chi connectivity index (χ2n) is 3.24. The van der Waals surface area contributed by atoms with Gasteiger partial charge < -0.3 is 4.57 Å². The molecule has 0 aliphatic carbocycles. The van der Waals surface area contributed by atoms with Crippen LogP contribution in [0, 0.1) is 11.6 Å². The van der Waals surface area contributed by atoms with Crippen LogP contribution >= 0.6 is 0 Å². The van der Waals surface area contributed by atoms with Gasteiger partial charge in [0.1, 0.15) is 6.54 Å². The Morgan fingerprint density at radius 3 is 2.38 bits per heavy atom. The average molecular weight is 236 g/mol. The summed E-state index contributed by atoms with van der Waals surface area (Å²) in [5.74, 6) is -2.33. The number of nitrogens with zero attached hydrogens (tertiary/aromatic N) is 2. The first-order valence-electron chi connectivity index (χ1n) is 4.23. The van der Waals surface area contributed by atoms with Gasteiger partial charge in [-0.2, -0.15) is 13.2 Å². The number of aromatic nitrogens is 2. The molecular formula is C9H5F5N2. The third-order valence-corrected chi connectivity index (χ3v) is 2.01. The van der Waals surface area contributed by atoms with Gasteiger partial charge in [0, 0.05) is 12.1 Å². The fourth-order valence-corrected chi connectivity index (χ4v) is 1.37. The molecule has 0 unspecified atom stereocenters. The number of imidazole rings is 1. The highest BCUT2D eigenvalue weighted by molar-refractivity contribution is 5.75. The van der Waals surface area contributed by atoms with E-state index in [1.54, 1.807) is 0 Å². The Morgan fingerprint density at radius 1 is 1.12 bits per heavy atom. The first kappa shape index (κ1) is 10.8. The third-order valence-electron chi connectivity index (χ3n) is 2.01. The van der Waals surface area contributed by atoms with E-state index in [2.05, 4.69) is 4.98 Å². The monoisotopic (exact) mass is 236 g/mol. The van der Waals surface area contributed by atoms with E-state index >= 15 is 0 Å². The Balaban J connectivity index is 2.52. The Hall–Kier alpha value is -1.66. The number of alkyl halides is 3. The minimum Gasteiger partial charge on any atom is -0.321 e. The summed E-state index contributed by atoms with van der Waals surface area (Å²) < 4.78 is 62.6. The van der Waals surface area contributed by atoms with E-state index in [-0.39, 0.29) is 11.0 Å². The summed E-state index contributed by atoms with van der Waals surface area (Å²) in [4.78, 5) is 3.56. The summed E-state index contributed by atoms with van der Waals surface area (Å²) in [6.45, 7) is -1.28. The lowest BCUT2D eigenvalue weighted by Crippen LogP contribution is -2.16. The molecule has 1 aromatic carbocycles. The van der Waals surface area contributed by atoms with E-state index in [1.807, 2.05) is 0 Å². The highest BCUT2D eigenvalue weighted by atomic mass is 19.4. The summed E-state index contributed by atoms with van der Waals surface area (Å²) in [5.41, 5.74) is -0.0978. The fourth-order valence-electron chi connectivity index (χ4n) is 1.37. The van der Waals surface area contributed by atoms with Crippen LogP contribution in [0.5, 0.6) is 0 Å². The number of benzene rings is 1. The minimum atomic E-state index is -4.43. The zero-order valence-electron chi connectivity index (χ0n) is 7.72. The van der Waals surface area contributed by atoms with Gasteiger partial charge in [0.15, 0.2) is 11.6 Å². The number of hydrogen-bond donors (Lipinski definition) is 0. The van der Waals surface area contributed by atoms with E-state index < -0.39 is 24.4 Å². The smallest absolute Gasteiger partial charge is 0.321 e. The van der Waals surface area contributed by atoms with Gasteiger partial charge in [-0.25, -0.2) is 13.8 Å². The van der Waals surface area contributed by atoms with Gasteiger partial charge in [0.05, 0.1) is 17.4 Å². The number of rotatable bonds is 1. The molecule has 0 amide bonds. The quantitative estimate of drug-likeness (QED) is 0.696. The first-order chi connectivity index (χ1) is 7.37. The van der Waals surface area contributed by atoms with Gasteiger partial charge in [-0.15, -0.1) is 0 Å². The zero-order chi connectivity index (χ0) is 11.9. The second-order valence-corrected chi connectivity index (χ2v) is 3.24. The van der Waals surface area contributed by atoms with Crippen molar-refractivity contribution in [1.82, 2.24) is 9.55 Å². The van der Waals surface area contributed by atoms with E-state index in [4.69, 9.17) is 0 Å². The molecule has 0 bridgehead atoms. The molecule has 0 atom stereocenters. The maximum absolute atomic E-state index is 12.8. The van der Waals surface area contributed by atoms with Gasteiger partial charge >= 0.3 is 6.18 Å². The third kappa shape index (κ3) is 1.98. The summed E-state index contributed by atoms with van der Waals surface area (Å²) >= 11 is 0. The fraction of sp³-hybridized carbons (Fsp3) is 0.222. The van der Waals surface area contributed by atoms with E-state index in [9.17, 15) is 22.0 Å². The Morgan fingerprint density at radius 2 is 1.75 bits per heavy atom. The van der Waals surface area contributed by atoms with Crippen molar-refractivity contribution in [2.75, 3.05) is 0 Å². The lowest BCUT2D eigenvalue weighted by Gasteiger charge is -2.07. The largest absolute Gasteiger partial charge is 0.406 e. The molecule has 0 saturated carbocycles. The van der Waals surface area contributed by atoms with Gasteiger partial charge in [-0.1, -0.05) is 0 Å².